The summed E-state index contributed by atoms with van der Waals surface area (Å²) in [6.45, 7) is 5.60. The second kappa shape index (κ2) is 6.88. The molecule has 0 bridgehead atoms. The Kier molecular flexibility index (Phi) is 4.78. The zero-order chi connectivity index (χ0) is 19.0. The Labute approximate surface area is 155 Å². The van der Waals surface area contributed by atoms with E-state index in [0.717, 1.165) is 5.56 Å². The highest BCUT2D eigenvalue weighted by molar-refractivity contribution is 6.33. The predicted molar refractivity (Wildman–Crippen MR) is 102 cm³/mol. The van der Waals surface area contributed by atoms with Gasteiger partial charge in [0.05, 0.1) is 29.0 Å². The molecule has 6 nitrogen and oxygen atoms in total. The van der Waals surface area contributed by atoms with Crippen LogP contribution >= 0.6 is 11.6 Å². The summed E-state index contributed by atoms with van der Waals surface area (Å²) in [5.41, 5.74) is 2.32. The lowest BCUT2D eigenvalue weighted by Gasteiger charge is -2.17. The van der Waals surface area contributed by atoms with Crippen LogP contribution in [0.15, 0.2) is 33.7 Å². The van der Waals surface area contributed by atoms with Gasteiger partial charge in [0.25, 0.3) is 5.56 Å². The highest BCUT2D eigenvalue weighted by atomic mass is 35.5. The van der Waals surface area contributed by atoms with Crippen molar-refractivity contribution in [2.24, 2.45) is 7.05 Å². The molecule has 2 aromatic heterocycles. The summed E-state index contributed by atoms with van der Waals surface area (Å²) in [5.74, 6) is -0.311. The van der Waals surface area contributed by atoms with Crippen molar-refractivity contribution >= 4 is 40.0 Å². The number of nitrogens with one attached hydrogen (secondary N) is 1. The van der Waals surface area contributed by atoms with E-state index in [1.165, 1.54) is 10.8 Å². The van der Waals surface area contributed by atoms with Gasteiger partial charge in [0.2, 0.25) is 0 Å². The molecule has 0 saturated carbocycles. The van der Waals surface area contributed by atoms with Crippen LogP contribution in [0.4, 0.5) is 11.5 Å². The molecule has 0 unspecified atom stereocenters. The highest BCUT2D eigenvalue weighted by Crippen LogP contribution is 2.32. The molecule has 0 spiro atoms. The predicted octanol–water partition coefficient (Wildman–Crippen LogP) is 4.32. The number of pyridine rings is 1. The summed E-state index contributed by atoms with van der Waals surface area (Å²) in [7, 11) is 1.58. The fourth-order valence-electron chi connectivity index (χ4n) is 2.83. The topological polar surface area (TPSA) is 73.5 Å². The number of fused-ring (bicyclic) bond motifs is 1. The number of furan rings is 1. The van der Waals surface area contributed by atoms with Crippen LogP contribution in [0.5, 0.6) is 0 Å². The van der Waals surface area contributed by atoms with E-state index in [1.807, 2.05) is 13.0 Å². The zero-order valence-corrected chi connectivity index (χ0v) is 15.7. The first-order chi connectivity index (χ1) is 12.3. The summed E-state index contributed by atoms with van der Waals surface area (Å²) in [4.78, 5) is 25.4. The number of carbonyl (C=O) groups is 1. The summed E-state index contributed by atoms with van der Waals surface area (Å²) in [5, 5.41) is 3.92. The maximum atomic E-state index is 12.8. The molecule has 26 heavy (non-hydrogen) atoms. The fraction of sp³-hybridized carbons (Fsp3) is 0.263. The molecule has 1 aromatic carbocycles. The minimum Gasteiger partial charge on any atom is -0.463 e. The zero-order valence-electron chi connectivity index (χ0n) is 15.0. The van der Waals surface area contributed by atoms with E-state index < -0.39 is 5.97 Å². The Morgan fingerprint density at radius 2 is 2.08 bits per heavy atom. The van der Waals surface area contributed by atoms with Gasteiger partial charge in [-0.15, -0.1) is 0 Å². The quantitative estimate of drug-likeness (QED) is 0.688. The molecule has 136 valence electrons. The maximum absolute atomic E-state index is 12.8. The number of rotatable bonds is 4. The Morgan fingerprint density at radius 1 is 1.35 bits per heavy atom. The molecule has 7 heteroatoms. The molecular formula is C19H19ClN2O4. The third-order valence-electron chi connectivity index (χ3n) is 4.15. The Morgan fingerprint density at radius 3 is 2.73 bits per heavy atom. The molecule has 2 heterocycles. The van der Waals surface area contributed by atoms with E-state index >= 15 is 0 Å². The van der Waals surface area contributed by atoms with Crippen molar-refractivity contribution in [3.63, 3.8) is 0 Å². The lowest BCUT2D eigenvalue weighted by molar-refractivity contribution is 0.0528. The molecule has 0 saturated heterocycles. The number of nitrogens with zero attached hydrogens (tertiary/aromatic N) is 1. The lowest BCUT2D eigenvalue weighted by atomic mass is 10.1. The number of esters is 1. The van der Waals surface area contributed by atoms with Gasteiger partial charge in [-0.3, -0.25) is 9.36 Å². The summed E-state index contributed by atoms with van der Waals surface area (Å²) in [6, 6.07) is 5.46. The summed E-state index contributed by atoms with van der Waals surface area (Å²) < 4.78 is 12.1. The molecular weight excluding hydrogens is 356 g/mol. The number of aromatic nitrogens is 1. The van der Waals surface area contributed by atoms with Gasteiger partial charge in [0.15, 0.2) is 5.58 Å². The second-order valence-electron chi connectivity index (χ2n) is 6.04. The van der Waals surface area contributed by atoms with Crippen LogP contribution in [0, 0.1) is 13.8 Å². The largest absolute Gasteiger partial charge is 0.463 e. The first-order valence-corrected chi connectivity index (χ1v) is 8.54. The van der Waals surface area contributed by atoms with Crippen molar-refractivity contribution in [3.8, 4) is 0 Å². The van der Waals surface area contributed by atoms with Gasteiger partial charge in [-0.05, 0) is 38.5 Å². The second-order valence-corrected chi connectivity index (χ2v) is 6.45. The number of carbonyl (C=O) groups excluding carboxylic acids is 1. The number of anilines is 2. The van der Waals surface area contributed by atoms with Gasteiger partial charge >= 0.3 is 5.97 Å². The van der Waals surface area contributed by atoms with Gasteiger partial charge in [-0.1, -0.05) is 17.7 Å². The molecule has 0 atom stereocenters. The van der Waals surface area contributed by atoms with E-state index in [0.29, 0.717) is 21.7 Å². The van der Waals surface area contributed by atoms with Crippen molar-refractivity contribution < 1.29 is 13.9 Å². The van der Waals surface area contributed by atoms with Crippen molar-refractivity contribution in [1.82, 2.24) is 4.57 Å². The van der Waals surface area contributed by atoms with Crippen molar-refractivity contribution in [1.29, 1.82) is 0 Å². The van der Waals surface area contributed by atoms with Gasteiger partial charge in [0, 0.05) is 12.6 Å². The normalized spacial score (nSPS) is 11.0. The van der Waals surface area contributed by atoms with Crippen molar-refractivity contribution in [2.75, 3.05) is 11.9 Å². The molecule has 0 fully saturated rings. The minimum atomic E-state index is -0.576. The molecule has 3 rings (SSSR count). The van der Waals surface area contributed by atoms with E-state index in [2.05, 4.69) is 5.32 Å². The average Bonchev–Trinajstić information content (AvgIpc) is 2.96. The van der Waals surface area contributed by atoms with E-state index in [9.17, 15) is 9.59 Å². The first-order valence-electron chi connectivity index (χ1n) is 8.16. The van der Waals surface area contributed by atoms with Crippen LogP contribution in [-0.2, 0) is 11.8 Å². The molecule has 0 aliphatic heterocycles. The number of ether oxygens (including phenoxy) is 1. The standard InChI is InChI=1S/C19H19ClN2O4/c1-5-25-19(24)15-16-14(11(3)9-26-16)18(23)22(4)17(15)21-13-7-6-10(2)8-12(13)20/h6-9,21H,5H2,1-4H3. The van der Waals surface area contributed by atoms with E-state index in [1.54, 1.807) is 33.0 Å². The first kappa shape index (κ1) is 18.1. The van der Waals surface area contributed by atoms with Crippen LogP contribution in [0.2, 0.25) is 5.02 Å². The van der Waals surface area contributed by atoms with Crippen LogP contribution in [0.25, 0.3) is 11.0 Å². The van der Waals surface area contributed by atoms with Crippen LogP contribution in [0.3, 0.4) is 0 Å². The molecule has 3 aromatic rings. The van der Waals surface area contributed by atoms with Crippen LogP contribution in [0.1, 0.15) is 28.4 Å². The number of halogens is 1. The molecule has 0 aliphatic carbocycles. The number of hydrogen-bond donors (Lipinski definition) is 1. The number of benzene rings is 1. The third-order valence-corrected chi connectivity index (χ3v) is 4.46. The smallest absolute Gasteiger partial charge is 0.345 e. The van der Waals surface area contributed by atoms with E-state index in [-0.39, 0.29) is 29.1 Å². The summed E-state index contributed by atoms with van der Waals surface area (Å²) >= 11 is 6.30. The molecule has 0 aliphatic rings. The van der Waals surface area contributed by atoms with Crippen molar-refractivity contribution in [2.45, 2.75) is 20.8 Å². The van der Waals surface area contributed by atoms with Crippen LogP contribution < -0.4 is 10.9 Å². The highest BCUT2D eigenvalue weighted by Gasteiger charge is 2.26. The maximum Gasteiger partial charge on any atom is 0.345 e. The minimum absolute atomic E-state index is 0.161. The van der Waals surface area contributed by atoms with E-state index in [4.69, 9.17) is 20.8 Å². The van der Waals surface area contributed by atoms with Gasteiger partial charge in [-0.2, -0.15) is 0 Å². The lowest BCUT2D eigenvalue weighted by Crippen LogP contribution is -2.24. The SMILES string of the molecule is CCOC(=O)c1c(Nc2ccc(C)cc2Cl)n(C)c(=O)c2c(C)coc12. The van der Waals surface area contributed by atoms with Gasteiger partial charge < -0.3 is 14.5 Å². The average molecular weight is 375 g/mol. The monoisotopic (exact) mass is 374 g/mol. The molecule has 0 amide bonds. The van der Waals surface area contributed by atoms with Gasteiger partial charge in [0.1, 0.15) is 11.4 Å². The summed E-state index contributed by atoms with van der Waals surface area (Å²) in [6.07, 6.45) is 1.46. The Balaban J connectivity index is 2.29. The Hall–Kier alpha value is -2.73. The Bertz CT molecular complexity index is 1070. The van der Waals surface area contributed by atoms with Crippen LogP contribution in [-0.4, -0.2) is 17.1 Å². The van der Waals surface area contributed by atoms with Crippen molar-refractivity contribution in [3.05, 3.63) is 56.5 Å². The number of hydrogen-bond acceptors (Lipinski definition) is 5. The fourth-order valence-corrected chi connectivity index (χ4v) is 3.11. The molecule has 0 radical (unpaired) electrons. The molecule has 1 N–H and O–H groups in total. The third kappa shape index (κ3) is 2.97. The van der Waals surface area contributed by atoms with Gasteiger partial charge in [-0.25, -0.2) is 4.79 Å². The number of aryl methyl sites for hydroxylation is 2.